The van der Waals surface area contributed by atoms with E-state index in [-0.39, 0.29) is 10.8 Å². The molecule has 0 N–H and O–H groups in total. The summed E-state index contributed by atoms with van der Waals surface area (Å²) >= 11 is 0. The molecule has 0 fully saturated rings. The first-order chi connectivity index (χ1) is 31.0. The summed E-state index contributed by atoms with van der Waals surface area (Å²) in [6, 6.07) is 55.6. The highest BCUT2D eigenvalue weighted by molar-refractivity contribution is 6.29. The topological polar surface area (TPSA) is 32.8 Å². The molecule has 4 heteroatoms. The molecule has 0 saturated heterocycles. The van der Waals surface area contributed by atoms with Gasteiger partial charge in [0.15, 0.2) is 11.2 Å². The zero-order chi connectivity index (χ0) is 43.5. The van der Waals surface area contributed by atoms with Crippen LogP contribution < -0.4 is 9.80 Å². The average molecular weight is 831 g/mol. The SMILES string of the molecule is CC(C)(C)c1cccc2c1oc1c(N(C3=CCCC=C3)c3cc(N(c4ccccc4)c4cccc5c4oc4c(C(C)(C)C)cccc45)c4ccc5cccc6ccc3c4c65)cccc12. The first-order valence-corrected chi connectivity index (χ1v) is 22.7. The second kappa shape index (κ2) is 14.1. The van der Waals surface area contributed by atoms with E-state index in [0.717, 1.165) is 90.9 Å². The lowest BCUT2D eigenvalue weighted by Gasteiger charge is -2.33. The minimum atomic E-state index is -0.101. The maximum atomic E-state index is 7.17. The van der Waals surface area contributed by atoms with E-state index < -0.39 is 0 Å². The minimum absolute atomic E-state index is 0.0965. The summed E-state index contributed by atoms with van der Waals surface area (Å²) < 4.78 is 14.3. The molecule has 9 aromatic carbocycles. The third kappa shape index (κ3) is 5.81. The number of rotatable bonds is 6. The van der Waals surface area contributed by atoms with Crippen LogP contribution in [0.5, 0.6) is 0 Å². The summed E-state index contributed by atoms with van der Waals surface area (Å²) in [5.74, 6) is 0. The molecule has 1 aliphatic carbocycles. The number of hydrogen-bond donors (Lipinski definition) is 0. The molecular formula is C60H50N2O2. The predicted molar refractivity (Wildman–Crippen MR) is 272 cm³/mol. The third-order valence-electron chi connectivity index (χ3n) is 13.4. The van der Waals surface area contributed by atoms with E-state index in [1.165, 1.54) is 43.4 Å². The monoisotopic (exact) mass is 830 g/mol. The van der Waals surface area contributed by atoms with Crippen LogP contribution in [0.3, 0.4) is 0 Å². The maximum absolute atomic E-state index is 7.17. The average Bonchev–Trinajstić information content (AvgIpc) is 3.89. The van der Waals surface area contributed by atoms with Crippen LogP contribution >= 0.6 is 0 Å². The number of furan rings is 2. The van der Waals surface area contributed by atoms with Crippen LogP contribution in [0.2, 0.25) is 0 Å². The van der Waals surface area contributed by atoms with Gasteiger partial charge >= 0.3 is 0 Å². The van der Waals surface area contributed by atoms with Crippen LogP contribution in [-0.4, -0.2) is 0 Å². The van der Waals surface area contributed by atoms with Gasteiger partial charge in [0.1, 0.15) is 11.2 Å². The zero-order valence-electron chi connectivity index (χ0n) is 37.3. The third-order valence-corrected chi connectivity index (χ3v) is 13.4. The van der Waals surface area contributed by atoms with Crippen LogP contribution in [0.1, 0.15) is 65.5 Å². The number of fused-ring (bicyclic) bond motifs is 6. The van der Waals surface area contributed by atoms with Gasteiger partial charge in [-0.15, -0.1) is 0 Å². The Morgan fingerprint density at radius 3 is 1.44 bits per heavy atom. The van der Waals surface area contributed by atoms with Gasteiger partial charge in [-0.05, 0) is 76.2 Å². The fourth-order valence-electron chi connectivity index (χ4n) is 10.5. The predicted octanol–water partition coefficient (Wildman–Crippen LogP) is 17.8. The molecule has 1 aliphatic rings. The van der Waals surface area contributed by atoms with E-state index in [1.54, 1.807) is 0 Å². The fraction of sp³-hybridized carbons (Fsp3) is 0.167. The molecule has 0 saturated carbocycles. The number of nitrogens with zero attached hydrogens (tertiary/aromatic N) is 2. The van der Waals surface area contributed by atoms with Crippen molar-refractivity contribution in [1.29, 1.82) is 0 Å². The van der Waals surface area contributed by atoms with Crippen LogP contribution in [0.15, 0.2) is 184 Å². The van der Waals surface area contributed by atoms with E-state index in [2.05, 4.69) is 221 Å². The van der Waals surface area contributed by atoms with Gasteiger partial charge in [-0.1, -0.05) is 175 Å². The molecule has 4 nitrogen and oxygen atoms in total. The summed E-state index contributed by atoms with van der Waals surface area (Å²) in [6.45, 7) is 13.6. The molecule has 0 atom stereocenters. The van der Waals surface area contributed by atoms with E-state index in [0.29, 0.717) is 0 Å². The van der Waals surface area contributed by atoms with Gasteiger partial charge in [0.2, 0.25) is 0 Å². The first kappa shape index (κ1) is 38.4. The molecule has 11 aromatic rings. The molecule has 64 heavy (non-hydrogen) atoms. The second-order valence-electron chi connectivity index (χ2n) is 19.6. The van der Waals surface area contributed by atoms with Crippen LogP contribution in [0.25, 0.3) is 76.2 Å². The summed E-state index contributed by atoms with van der Waals surface area (Å²) in [4.78, 5) is 4.89. The number of benzene rings is 9. The Balaban J connectivity index is 1.22. The molecule has 2 aromatic heterocycles. The lowest BCUT2D eigenvalue weighted by Crippen LogP contribution is -2.18. The molecule has 12 rings (SSSR count). The van der Waals surface area contributed by atoms with Crippen molar-refractivity contribution >= 4 is 105 Å². The van der Waals surface area contributed by atoms with Crippen molar-refractivity contribution in [1.82, 2.24) is 0 Å². The fourth-order valence-corrected chi connectivity index (χ4v) is 10.5. The van der Waals surface area contributed by atoms with Crippen molar-refractivity contribution in [2.24, 2.45) is 0 Å². The quantitative estimate of drug-likeness (QED) is 0.156. The standard InChI is InChI=1S/C60H50N2O2/c1-59(2,3)47-28-14-24-41-43-26-16-30-49(57(43)63-55(41)47)61(39-20-9-7-10-21-39)51-36-52(46-35-33-38-19-13-18-37-32-34-45(51)54(46)53(37)38)62(40-22-11-8-12-23-40)50-31-17-27-44-42-25-15-29-48(60(4,5)6)56(42)64-58(44)50/h7,9-11,13-36H,8,12H2,1-6H3. The summed E-state index contributed by atoms with van der Waals surface area (Å²) in [5.41, 5.74) is 12.1. The molecule has 0 bridgehead atoms. The highest BCUT2D eigenvalue weighted by Gasteiger charge is 2.30. The molecular weight excluding hydrogens is 781 g/mol. The van der Waals surface area contributed by atoms with Gasteiger partial charge in [0.25, 0.3) is 0 Å². The Hall–Kier alpha value is -7.30. The second-order valence-corrected chi connectivity index (χ2v) is 19.6. The summed E-state index contributed by atoms with van der Waals surface area (Å²) in [6.07, 6.45) is 8.94. The molecule has 0 radical (unpaired) electrons. The van der Waals surface area contributed by atoms with Crippen molar-refractivity contribution in [3.63, 3.8) is 0 Å². The Morgan fingerprint density at radius 1 is 0.406 bits per heavy atom. The number of hydrogen-bond acceptors (Lipinski definition) is 4. The molecule has 2 heterocycles. The Morgan fingerprint density at radius 2 is 0.906 bits per heavy atom. The van der Waals surface area contributed by atoms with Crippen LogP contribution in [-0.2, 0) is 10.8 Å². The van der Waals surface area contributed by atoms with Crippen molar-refractivity contribution < 1.29 is 8.83 Å². The van der Waals surface area contributed by atoms with E-state index in [9.17, 15) is 0 Å². The van der Waals surface area contributed by atoms with Crippen LogP contribution in [0, 0.1) is 0 Å². The van der Waals surface area contributed by atoms with Gasteiger partial charge < -0.3 is 18.6 Å². The smallest absolute Gasteiger partial charge is 0.159 e. The van der Waals surface area contributed by atoms with Crippen molar-refractivity contribution in [2.45, 2.75) is 65.2 Å². The zero-order valence-corrected chi connectivity index (χ0v) is 37.3. The maximum Gasteiger partial charge on any atom is 0.159 e. The first-order valence-electron chi connectivity index (χ1n) is 22.7. The lowest BCUT2D eigenvalue weighted by molar-refractivity contribution is 0.572. The molecule has 0 aliphatic heterocycles. The van der Waals surface area contributed by atoms with Gasteiger partial charge in [-0.2, -0.15) is 0 Å². The Bertz CT molecular complexity index is 3680. The summed E-state index contributed by atoms with van der Waals surface area (Å²) in [7, 11) is 0. The van der Waals surface area contributed by atoms with Crippen molar-refractivity contribution in [2.75, 3.05) is 9.80 Å². The van der Waals surface area contributed by atoms with Crippen molar-refractivity contribution in [3.05, 3.63) is 187 Å². The van der Waals surface area contributed by atoms with Crippen LogP contribution in [0.4, 0.5) is 28.4 Å². The molecule has 312 valence electrons. The van der Waals surface area contributed by atoms with Gasteiger partial charge in [0.05, 0.1) is 22.7 Å². The van der Waals surface area contributed by atoms with E-state index >= 15 is 0 Å². The molecule has 0 spiro atoms. The molecule has 0 unspecified atom stereocenters. The highest BCUT2D eigenvalue weighted by Crippen LogP contribution is 2.52. The van der Waals surface area contributed by atoms with Gasteiger partial charge in [-0.3, -0.25) is 0 Å². The minimum Gasteiger partial charge on any atom is -0.454 e. The van der Waals surface area contributed by atoms with E-state index in [1.807, 2.05) is 0 Å². The molecule has 0 amide bonds. The number of anilines is 5. The normalized spacial score (nSPS) is 13.7. The van der Waals surface area contributed by atoms with E-state index in [4.69, 9.17) is 8.83 Å². The largest absolute Gasteiger partial charge is 0.454 e. The number of para-hydroxylation sites is 5. The van der Waals surface area contributed by atoms with Gasteiger partial charge in [-0.25, -0.2) is 0 Å². The highest BCUT2D eigenvalue weighted by atomic mass is 16.3. The lowest BCUT2D eigenvalue weighted by atomic mass is 9.86. The van der Waals surface area contributed by atoms with Crippen molar-refractivity contribution in [3.8, 4) is 0 Å². The van der Waals surface area contributed by atoms with Gasteiger partial charge in [0, 0.05) is 60.2 Å². The Labute approximate surface area is 373 Å². The number of allylic oxidation sites excluding steroid dienone is 3. The summed E-state index contributed by atoms with van der Waals surface area (Å²) in [5, 5.41) is 11.7. The Kier molecular flexibility index (Phi) is 8.46.